The number of aliphatic hydroxyl groups is 1. The smallest absolute Gasteiger partial charge is 0.320 e. The minimum absolute atomic E-state index is 0.0614. The summed E-state index contributed by atoms with van der Waals surface area (Å²) in [6, 6.07) is 3.85. The van der Waals surface area contributed by atoms with Crippen molar-refractivity contribution in [1.29, 1.82) is 0 Å². The first-order chi connectivity index (χ1) is 10.0. The Bertz CT molecular complexity index is 645. The largest absolute Gasteiger partial charge is 0.479 e. The highest BCUT2D eigenvalue weighted by molar-refractivity contribution is 5.48. The Hall–Kier alpha value is -2.55. The van der Waals surface area contributed by atoms with Crippen LogP contribution in [0.4, 0.5) is 14.5 Å². The van der Waals surface area contributed by atoms with Gasteiger partial charge in [-0.05, 0) is 17.7 Å². The fraction of sp³-hybridized carbons (Fsp3) is 0.250. The van der Waals surface area contributed by atoms with Gasteiger partial charge in [0.25, 0.3) is 0 Å². The number of nitrogens with zero attached hydrogens (tertiary/aromatic N) is 3. The molecule has 0 aliphatic heterocycles. The van der Waals surface area contributed by atoms with Crippen LogP contribution in [-0.4, -0.2) is 19.6 Å². The molecule has 2 rings (SSSR count). The molecule has 0 radical (unpaired) electrons. The summed E-state index contributed by atoms with van der Waals surface area (Å²) in [4.78, 5) is 13.9. The Morgan fingerprint density at radius 1 is 1.48 bits per heavy atom. The third-order valence-electron chi connectivity index (χ3n) is 2.72. The summed E-state index contributed by atoms with van der Waals surface area (Å²) in [7, 11) is 0. The molecule has 0 saturated heterocycles. The maximum atomic E-state index is 12.6. The summed E-state index contributed by atoms with van der Waals surface area (Å²) < 4.78 is 31.1. The van der Waals surface area contributed by atoms with Gasteiger partial charge in [-0.3, -0.25) is 14.7 Å². The second-order valence-corrected chi connectivity index (χ2v) is 4.03. The van der Waals surface area contributed by atoms with Gasteiger partial charge in [0.2, 0.25) is 0 Å². The molecule has 7 nitrogen and oxygen atoms in total. The molecule has 1 aromatic heterocycles. The van der Waals surface area contributed by atoms with E-state index in [1.165, 1.54) is 24.4 Å². The van der Waals surface area contributed by atoms with Crippen LogP contribution in [0.3, 0.4) is 0 Å². The SMILES string of the molecule is O=[N+]([O-])c1ccc(CO)cc1OCc1nccn1C(F)F. The maximum absolute atomic E-state index is 12.6. The zero-order valence-electron chi connectivity index (χ0n) is 10.6. The molecule has 0 amide bonds. The number of aliphatic hydroxyl groups excluding tert-OH is 1. The molecule has 0 aliphatic carbocycles. The van der Waals surface area contributed by atoms with Crippen molar-refractivity contribution in [3.8, 4) is 5.75 Å². The molecule has 1 heterocycles. The summed E-state index contributed by atoms with van der Waals surface area (Å²) in [6.45, 7) is -3.45. The van der Waals surface area contributed by atoms with Crippen molar-refractivity contribution in [1.82, 2.24) is 9.55 Å². The van der Waals surface area contributed by atoms with Crippen molar-refractivity contribution < 1.29 is 23.5 Å². The number of imidazole rings is 1. The molecule has 0 atom stereocenters. The second kappa shape index (κ2) is 6.27. The Morgan fingerprint density at radius 2 is 2.24 bits per heavy atom. The van der Waals surface area contributed by atoms with Crippen molar-refractivity contribution in [2.24, 2.45) is 0 Å². The van der Waals surface area contributed by atoms with E-state index in [0.29, 0.717) is 10.1 Å². The zero-order chi connectivity index (χ0) is 15.4. The Morgan fingerprint density at radius 3 is 2.86 bits per heavy atom. The van der Waals surface area contributed by atoms with E-state index in [0.717, 1.165) is 6.20 Å². The summed E-state index contributed by atoms with van der Waals surface area (Å²) in [5.74, 6) is -0.177. The van der Waals surface area contributed by atoms with Gasteiger partial charge in [0.05, 0.1) is 11.5 Å². The lowest BCUT2D eigenvalue weighted by Gasteiger charge is -2.09. The van der Waals surface area contributed by atoms with E-state index < -0.39 is 11.5 Å². The first-order valence-corrected chi connectivity index (χ1v) is 5.83. The zero-order valence-corrected chi connectivity index (χ0v) is 10.6. The van der Waals surface area contributed by atoms with Gasteiger partial charge in [0.15, 0.2) is 11.6 Å². The van der Waals surface area contributed by atoms with Gasteiger partial charge in [-0.2, -0.15) is 8.78 Å². The van der Waals surface area contributed by atoms with E-state index >= 15 is 0 Å². The van der Waals surface area contributed by atoms with E-state index in [1.807, 2.05) is 0 Å². The summed E-state index contributed by atoms with van der Waals surface area (Å²) >= 11 is 0. The average molecular weight is 299 g/mol. The Kier molecular flexibility index (Phi) is 4.43. The number of ether oxygens (including phenoxy) is 1. The molecule has 0 bridgehead atoms. The van der Waals surface area contributed by atoms with Crippen LogP contribution in [0, 0.1) is 10.1 Å². The number of alkyl halides is 2. The maximum Gasteiger partial charge on any atom is 0.320 e. The molecule has 9 heteroatoms. The van der Waals surface area contributed by atoms with Gasteiger partial charge in [-0.1, -0.05) is 0 Å². The van der Waals surface area contributed by atoms with Gasteiger partial charge < -0.3 is 9.84 Å². The number of benzene rings is 1. The summed E-state index contributed by atoms with van der Waals surface area (Å²) in [5, 5.41) is 19.9. The van der Waals surface area contributed by atoms with Crippen molar-refractivity contribution in [3.05, 3.63) is 52.1 Å². The third-order valence-corrected chi connectivity index (χ3v) is 2.72. The van der Waals surface area contributed by atoms with Crippen LogP contribution < -0.4 is 4.74 Å². The van der Waals surface area contributed by atoms with E-state index in [4.69, 9.17) is 9.84 Å². The van der Waals surface area contributed by atoms with Crippen LogP contribution in [0.1, 0.15) is 17.9 Å². The highest BCUT2D eigenvalue weighted by Crippen LogP contribution is 2.29. The molecule has 0 aliphatic rings. The molecule has 112 valence electrons. The lowest BCUT2D eigenvalue weighted by molar-refractivity contribution is -0.386. The highest BCUT2D eigenvalue weighted by atomic mass is 19.3. The minimum Gasteiger partial charge on any atom is -0.479 e. The molecule has 0 spiro atoms. The van der Waals surface area contributed by atoms with Gasteiger partial charge >= 0.3 is 12.2 Å². The molecule has 0 unspecified atom stereocenters. The normalized spacial score (nSPS) is 10.9. The average Bonchev–Trinajstić information content (AvgIpc) is 2.93. The lowest BCUT2D eigenvalue weighted by Crippen LogP contribution is -2.08. The quantitative estimate of drug-likeness (QED) is 0.652. The standard InChI is InChI=1S/C12H11F2N3O4/c13-12(14)16-4-3-15-11(16)7-21-10-5-8(6-18)1-2-9(10)17(19)20/h1-5,12,18H,6-7H2. The number of hydrogen-bond acceptors (Lipinski definition) is 5. The molecule has 1 aromatic carbocycles. The number of aromatic nitrogens is 2. The first kappa shape index (κ1) is 14.9. The number of hydrogen-bond donors (Lipinski definition) is 1. The van der Waals surface area contributed by atoms with E-state index in [1.54, 1.807) is 0 Å². The van der Waals surface area contributed by atoms with Gasteiger partial charge in [-0.25, -0.2) is 4.98 Å². The fourth-order valence-corrected chi connectivity index (χ4v) is 1.70. The molecule has 0 saturated carbocycles. The van der Waals surface area contributed by atoms with Crippen molar-refractivity contribution >= 4 is 5.69 Å². The van der Waals surface area contributed by atoms with E-state index in [2.05, 4.69) is 4.98 Å². The molecule has 1 N–H and O–H groups in total. The second-order valence-electron chi connectivity index (χ2n) is 4.03. The lowest BCUT2D eigenvalue weighted by atomic mass is 10.2. The first-order valence-electron chi connectivity index (χ1n) is 5.83. The van der Waals surface area contributed by atoms with Gasteiger partial charge in [0.1, 0.15) is 6.61 Å². The van der Waals surface area contributed by atoms with Crippen LogP contribution in [-0.2, 0) is 13.2 Å². The van der Waals surface area contributed by atoms with Crippen LogP contribution in [0.5, 0.6) is 5.75 Å². The monoisotopic (exact) mass is 299 g/mol. The Labute approximate surface area is 117 Å². The molecule has 0 fully saturated rings. The van der Waals surface area contributed by atoms with Gasteiger partial charge in [-0.15, -0.1) is 0 Å². The highest BCUT2D eigenvalue weighted by Gasteiger charge is 2.18. The predicted octanol–water partition coefficient (Wildman–Crippen LogP) is 2.26. The van der Waals surface area contributed by atoms with Crippen LogP contribution in [0.15, 0.2) is 30.6 Å². The molecule has 2 aromatic rings. The molecule has 21 heavy (non-hydrogen) atoms. The minimum atomic E-state index is -2.77. The van der Waals surface area contributed by atoms with E-state index in [-0.39, 0.29) is 30.5 Å². The van der Waals surface area contributed by atoms with Crippen LogP contribution in [0.25, 0.3) is 0 Å². The number of nitro benzene ring substituents is 1. The van der Waals surface area contributed by atoms with Crippen LogP contribution >= 0.6 is 0 Å². The number of rotatable bonds is 6. The molecular formula is C12H11F2N3O4. The Balaban J connectivity index is 2.22. The third kappa shape index (κ3) is 3.31. The summed E-state index contributed by atoms with van der Waals surface area (Å²) in [6.07, 6.45) is 2.27. The molecular weight excluding hydrogens is 288 g/mol. The van der Waals surface area contributed by atoms with Gasteiger partial charge in [0, 0.05) is 18.5 Å². The predicted molar refractivity (Wildman–Crippen MR) is 66.8 cm³/mol. The summed E-state index contributed by atoms with van der Waals surface area (Å²) in [5.41, 5.74) is 0.0927. The van der Waals surface area contributed by atoms with Crippen molar-refractivity contribution in [2.75, 3.05) is 0 Å². The van der Waals surface area contributed by atoms with Crippen molar-refractivity contribution in [2.45, 2.75) is 19.8 Å². The van der Waals surface area contributed by atoms with Crippen LogP contribution in [0.2, 0.25) is 0 Å². The van der Waals surface area contributed by atoms with Crippen molar-refractivity contribution in [3.63, 3.8) is 0 Å². The number of nitro groups is 1. The number of halogens is 2. The topological polar surface area (TPSA) is 90.4 Å². The fourth-order valence-electron chi connectivity index (χ4n) is 1.70. The van der Waals surface area contributed by atoms with E-state index in [9.17, 15) is 18.9 Å².